The van der Waals surface area contributed by atoms with Gasteiger partial charge in [-0.15, -0.1) is 0 Å². The summed E-state index contributed by atoms with van der Waals surface area (Å²) in [6.45, 7) is 0.381. The number of hydrogen-bond donors (Lipinski definition) is 0. The van der Waals surface area contributed by atoms with E-state index < -0.39 is 30.9 Å². The summed E-state index contributed by atoms with van der Waals surface area (Å²) in [5.74, 6) is 0.518. The highest BCUT2D eigenvalue weighted by molar-refractivity contribution is 7.92. The van der Waals surface area contributed by atoms with Gasteiger partial charge >= 0.3 is 5.51 Å². The smallest absolute Gasteiger partial charge is 0.497 e. The molecule has 2 aromatic rings. The number of halogens is 3. The first kappa shape index (κ1) is 19.9. The Bertz CT molecular complexity index is 1040. The molecule has 0 saturated carbocycles. The van der Waals surface area contributed by atoms with E-state index in [9.17, 15) is 31.7 Å². The number of alkyl halides is 3. The van der Waals surface area contributed by atoms with Crippen molar-refractivity contribution in [3.8, 4) is 5.75 Å². The monoisotopic (exact) mass is 416 g/mol. The molecule has 0 atom stereocenters. The van der Waals surface area contributed by atoms with E-state index in [4.69, 9.17) is 4.74 Å². The minimum atomic E-state index is -5.69. The average molecular weight is 416 g/mol. The van der Waals surface area contributed by atoms with Gasteiger partial charge in [-0.25, -0.2) is 8.42 Å². The second-order valence-corrected chi connectivity index (χ2v) is 8.05. The lowest BCUT2D eigenvalue weighted by atomic mass is 10.0. The molecule has 1 aliphatic rings. The molecule has 1 aliphatic heterocycles. The third-order valence-corrected chi connectivity index (χ3v) is 5.94. The third kappa shape index (κ3) is 3.37. The Labute approximate surface area is 158 Å². The van der Waals surface area contributed by atoms with E-state index in [2.05, 4.69) is 0 Å². The van der Waals surface area contributed by atoms with Crippen molar-refractivity contribution in [2.75, 3.05) is 18.6 Å². The van der Waals surface area contributed by atoms with Crippen LogP contribution in [0.4, 0.5) is 30.2 Å². The number of rotatable bonds is 4. The van der Waals surface area contributed by atoms with Crippen molar-refractivity contribution in [1.82, 2.24) is 0 Å². The number of sulfone groups is 1. The molecule has 28 heavy (non-hydrogen) atoms. The second kappa shape index (κ2) is 6.97. The lowest BCUT2D eigenvalue weighted by Crippen LogP contribution is -2.26. The van der Waals surface area contributed by atoms with Crippen molar-refractivity contribution in [3.05, 3.63) is 52.1 Å². The first-order valence-electron chi connectivity index (χ1n) is 8.10. The summed E-state index contributed by atoms with van der Waals surface area (Å²) in [6.07, 6.45) is 1.39. The van der Waals surface area contributed by atoms with Gasteiger partial charge in [0, 0.05) is 24.4 Å². The van der Waals surface area contributed by atoms with Crippen LogP contribution in [-0.4, -0.2) is 32.5 Å². The van der Waals surface area contributed by atoms with E-state index in [1.54, 1.807) is 17.0 Å². The van der Waals surface area contributed by atoms with Gasteiger partial charge in [-0.1, -0.05) is 6.07 Å². The topological polar surface area (TPSA) is 89.8 Å². The molecule has 0 saturated heterocycles. The fraction of sp³-hybridized carbons (Fsp3) is 0.294. The van der Waals surface area contributed by atoms with Crippen LogP contribution in [0.1, 0.15) is 12.0 Å². The Morgan fingerprint density at radius 2 is 1.86 bits per heavy atom. The molecular weight excluding hydrogens is 401 g/mol. The van der Waals surface area contributed by atoms with Gasteiger partial charge in [0.2, 0.25) is 0 Å². The summed E-state index contributed by atoms with van der Waals surface area (Å²) in [5, 5.41) is 11.5. The summed E-state index contributed by atoms with van der Waals surface area (Å²) in [5.41, 5.74) is -4.73. The number of benzene rings is 2. The lowest BCUT2D eigenvalue weighted by Gasteiger charge is -2.31. The number of nitro groups is 1. The first-order chi connectivity index (χ1) is 13.1. The maximum absolute atomic E-state index is 12.8. The van der Waals surface area contributed by atoms with Crippen LogP contribution in [0.5, 0.6) is 5.75 Å². The number of aryl methyl sites for hydroxylation is 1. The van der Waals surface area contributed by atoms with Gasteiger partial charge in [0.15, 0.2) is 0 Å². The quantitative estimate of drug-likeness (QED) is 0.553. The number of fused-ring (bicyclic) bond motifs is 1. The van der Waals surface area contributed by atoms with Crippen LogP contribution >= 0.6 is 0 Å². The fourth-order valence-electron chi connectivity index (χ4n) is 3.11. The van der Waals surface area contributed by atoms with Crippen LogP contribution in [0, 0.1) is 10.1 Å². The van der Waals surface area contributed by atoms with Crippen LogP contribution < -0.4 is 9.64 Å². The van der Waals surface area contributed by atoms with E-state index in [1.165, 1.54) is 7.11 Å². The molecule has 0 unspecified atom stereocenters. The highest BCUT2D eigenvalue weighted by Crippen LogP contribution is 2.42. The molecule has 11 heteroatoms. The molecule has 0 aromatic heterocycles. The van der Waals surface area contributed by atoms with Crippen LogP contribution in [0.3, 0.4) is 0 Å². The zero-order valence-corrected chi connectivity index (χ0v) is 15.4. The van der Waals surface area contributed by atoms with Crippen molar-refractivity contribution in [2.45, 2.75) is 23.2 Å². The Kier molecular flexibility index (Phi) is 4.96. The summed E-state index contributed by atoms with van der Waals surface area (Å²) >= 11 is 0. The number of hydrogen-bond acceptors (Lipinski definition) is 6. The summed E-state index contributed by atoms with van der Waals surface area (Å²) in [4.78, 5) is 11.0. The predicted octanol–water partition coefficient (Wildman–Crippen LogP) is 3.98. The maximum atomic E-state index is 12.8. The lowest BCUT2D eigenvalue weighted by molar-refractivity contribution is -0.384. The van der Waals surface area contributed by atoms with E-state index in [1.807, 2.05) is 6.07 Å². The Hall–Kier alpha value is -2.82. The van der Waals surface area contributed by atoms with Crippen LogP contribution in [0.15, 0.2) is 41.3 Å². The van der Waals surface area contributed by atoms with E-state index >= 15 is 0 Å². The first-order valence-corrected chi connectivity index (χ1v) is 9.59. The van der Waals surface area contributed by atoms with Crippen molar-refractivity contribution >= 4 is 26.9 Å². The van der Waals surface area contributed by atoms with Crippen LogP contribution in [-0.2, 0) is 16.3 Å². The highest BCUT2D eigenvalue weighted by Gasteiger charge is 2.47. The van der Waals surface area contributed by atoms with Crippen molar-refractivity contribution in [1.29, 1.82) is 0 Å². The molecule has 0 spiro atoms. The third-order valence-electron chi connectivity index (χ3n) is 4.46. The maximum Gasteiger partial charge on any atom is 0.501 e. The standard InChI is InChI=1S/C17H15F3N2O5S/c1-27-12-5-4-11-3-2-8-21(15(11)9-12)14-7-6-13(10-16(14)22(23)24)28(25,26)17(18,19)20/h4-7,9-10H,2-3,8H2,1H3. The molecule has 0 fully saturated rings. The van der Waals surface area contributed by atoms with E-state index in [0.29, 0.717) is 30.5 Å². The average Bonchev–Trinajstić information content (AvgIpc) is 2.65. The van der Waals surface area contributed by atoms with Gasteiger partial charge in [0.25, 0.3) is 15.5 Å². The summed E-state index contributed by atoms with van der Waals surface area (Å²) < 4.78 is 66.8. The SMILES string of the molecule is COc1ccc2c(c1)N(c1ccc(S(=O)(=O)C(F)(F)F)cc1[N+](=O)[O-])CCC2. The molecule has 0 radical (unpaired) electrons. The largest absolute Gasteiger partial charge is 0.501 e. The molecule has 3 rings (SSSR count). The summed E-state index contributed by atoms with van der Waals surface area (Å²) in [7, 11) is -4.23. The molecule has 1 heterocycles. The predicted molar refractivity (Wildman–Crippen MR) is 94.7 cm³/mol. The zero-order valence-electron chi connectivity index (χ0n) is 14.6. The van der Waals surface area contributed by atoms with Gasteiger partial charge in [0.1, 0.15) is 11.4 Å². The second-order valence-electron chi connectivity index (χ2n) is 6.11. The zero-order chi connectivity index (χ0) is 20.7. The molecular formula is C17H15F3N2O5S. The van der Waals surface area contributed by atoms with Gasteiger partial charge < -0.3 is 9.64 Å². The van der Waals surface area contributed by atoms with Gasteiger partial charge in [-0.2, -0.15) is 13.2 Å². The Morgan fingerprint density at radius 3 is 2.46 bits per heavy atom. The molecule has 0 bridgehead atoms. The van der Waals surface area contributed by atoms with Crippen molar-refractivity contribution in [2.24, 2.45) is 0 Å². The minimum absolute atomic E-state index is 0.0142. The van der Waals surface area contributed by atoms with E-state index in [0.717, 1.165) is 24.1 Å². The van der Waals surface area contributed by atoms with Gasteiger partial charge in [-0.05, 0) is 36.6 Å². The van der Waals surface area contributed by atoms with Crippen LogP contribution in [0.2, 0.25) is 0 Å². The number of ether oxygens (including phenoxy) is 1. The van der Waals surface area contributed by atoms with E-state index in [-0.39, 0.29) is 5.69 Å². The highest BCUT2D eigenvalue weighted by atomic mass is 32.2. The minimum Gasteiger partial charge on any atom is -0.497 e. The molecule has 2 aromatic carbocycles. The summed E-state index contributed by atoms with van der Waals surface area (Å²) in [6, 6.07) is 7.46. The fourth-order valence-corrected chi connectivity index (χ4v) is 3.89. The van der Waals surface area contributed by atoms with Crippen molar-refractivity contribution in [3.63, 3.8) is 0 Å². The number of nitrogens with zero attached hydrogens (tertiary/aromatic N) is 2. The number of nitro benzene ring substituents is 1. The molecule has 0 N–H and O–H groups in total. The van der Waals surface area contributed by atoms with Crippen molar-refractivity contribution < 1.29 is 31.2 Å². The normalized spacial score (nSPS) is 14.5. The number of anilines is 2. The Balaban J connectivity index is 2.16. The van der Waals surface area contributed by atoms with Crippen LogP contribution in [0.25, 0.3) is 0 Å². The van der Waals surface area contributed by atoms with Gasteiger partial charge in [-0.3, -0.25) is 10.1 Å². The Morgan fingerprint density at radius 1 is 1.14 bits per heavy atom. The molecule has 150 valence electrons. The molecule has 7 nitrogen and oxygen atoms in total. The number of methoxy groups -OCH3 is 1. The molecule has 0 amide bonds. The molecule has 0 aliphatic carbocycles. The van der Waals surface area contributed by atoms with Gasteiger partial charge in [0.05, 0.1) is 16.9 Å².